The first kappa shape index (κ1) is 15.0. The number of aromatic nitrogens is 1. The fourth-order valence-electron chi connectivity index (χ4n) is 2.16. The van der Waals surface area contributed by atoms with Crippen molar-refractivity contribution in [2.24, 2.45) is 7.05 Å². The minimum Gasteiger partial charge on any atom is -0.348 e. The third kappa shape index (κ3) is 3.02. The topological polar surface area (TPSA) is 51.1 Å². The lowest BCUT2D eigenvalue weighted by Gasteiger charge is -2.11. The van der Waals surface area contributed by atoms with Crippen LogP contribution in [0.15, 0.2) is 35.1 Å². The van der Waals surface area contributed by atoms with Crippen LogP contribution in [0.3, 0.4) is 0 Å². The third-order valence-electron chi connectivity index (χ3n) is 3.49. The number of benzene rings is 1. The van der Waals surface area contributed by atoms with Crippen LogP contribution in [0, 0.1) is 19.7 Å². The standard InChI is InChI=1S/C16H17FN2O2/c1-10-8-11(2)19(3)16(21)14(10)15(20)18-9-12-6-4-5-7-13(12)17/h4-8H,9H2,1-3H3,(H,18,20). The fourth-order valence-corrected chi connectivity index (χ4v) is 2.16. The summed E-state index contributed by atoms with van der Waals surface area (Å²) in [5, 5.41) is 2.59. The van der Waals surface area contributed by atoms with E-state index in [1.54, 1.807) is 45.2 Å². The highest BCUT2D eigenvalue weighted by Crippen LogP contribution is 2.08. The Morgan fingerprint density at radius 3 is 2.62 bits per heavy atom. The van der Waals surface area contributed by atoms with E-state index in [1.807, 2.05) is 0 Å². The van der Waals surface area contributed by atoms with Gasteiger partial charge in [-0.1, -0.05) is 18.2 Å². The van der Waals surface area contributed by atoms with Crippen molar-refractivity contribution >= 4 is 5.91 Å². The van der Waals surface area contributed by atoms with E-state index in [-0.39, 0.29) is 23.5 Å². The predicted molar refractivity (Wildman–Crippen MR) is 78.7 cm³/mol. The van der Waals surface area contributed by atoms with Gasteiger partial charge in [-0.2, -0.15) is 0 Å². The quantitative estimate of drug-likeness (QED) is 0.940. The molecule has 110 valence electrons. The number of hydrogen-bond donors (Lipinski definition) is 1. The Hall–Kier alpha value is -2.43. The van der Waals surface area contributed by atoms with Gasteiger partial charge in [-0.05, 0) is 31.5 Å². The molecule has 0 saturated carbocycles. The fraction of sp³-hybridized carbons (Fsp3) is 0.250. The van der Waals surface area contributed by atoms with Crippen molar-refractivity contribution in [3.8, 4) is 0 Å². The minimum atomic E-state index is -0.489. The summed E-state index contributed by atoms with van der Waals surface area (Å²) in [6.07, 6.45) is 0. The number of rotatable bonds is 3. The number of carbonyl (C=O) groups is 1. The Morgan fingerprint density at radius 1 is 1.29 bits per heavy atom. The summed E-state index contributed by atoms with van der Waals surface area (Å²) in [6.45, 7) is 3.56. The van der Waals surface area contributed by atoms with Gasteiger partial charge in [0.1, 0.15) is 11.4 Å². The molecule has 0 fully saturated rings. The molecule has 1 N–H and O–H groups in total. The summed E-state index contributed by atoms with van der Waals surface area (Å²) in [4.78, 5) is 24.3. The molecule has 21 heavy (non-hydrogen) atoms. The van der Waals surface area contributed by atoms with Gasteiger partial charge >= 0.3 is 0 Å². The number of aryl methyl sites for hydroxylation is 2. The summed E-state index contributed by atoms with van der Waals surface area (Å²) < 4.78 is 14.9. The molecular weight excluding hydrogens is 271 g/mol. The van der Waals surface area contributed by atoms with Gasteiger partial charge in [-0.15, -0.1) is 0 Å². The van der Waals surface area contributed by atoms with Crippen molar-refractivity contribution in [1.29, 1.82) is 0 Å². The molecule has 0 unspecified atom stereocenters. The Bertz CT molecular complexity index is 750. The third-order valence-corrected chi connectivity index (χ3v) is 3.49. The molecule has 0 radical (unpaired) electrons. The van der Waals surface area contributed by atoms with Crippen LogP contribution in [0.25, 0.3) is 0 Å². The Kier molecular flexibility index (Phi) is 4.21. The van der Waals surface area contributed by atoms with Crippen LogP contribution >= 0.6 is 0 Å². The Morgan fingerprint density at radius 2 is 1.95 bits per heavy atom. The normalized spacial score (nSPS) is 10.5. The highest BCUT2D eigenvalue weighted by Gasteiger charge is 2.16. The van der Waals surface area contributed by atoms with Crippen LogP contribution in [-0.2, 0) is 13.6 Å². The van der Waals surface area contributed by atoms with Gasteiger partial charge in [-0.25, -0.2) is 4.39 Å². The van der Waals surface area contributed by atoms with E-state index in [0.717, 1.165) is 5.69 Å². The lowest BCUT2D eigenvalue weighted by molar-refractivity contribution is 0.0948. The molecule has 0 saturated heterocycles. The number of nitrogens with zero attached hydrogens (tertiary/aromatic N) is 1. The molecule has 0 spiro atoms. The predicted octanol–water partition coefficient (Wildman–Crippen LogP) is 2.07. The van der Waals surface area contributed by atoms with Crippen molar-refractivity contribution < 1.29 is 9.18 Å². The second-order valence-electron chi connectivity index (χ2n) is 4.98. The highest BCUT2D eigenvalue weighted by molar-refractivity contribution is 5.95. The largest absolute Gasteiger partial charge is 0.348 e. The van der Waals surface area contributed by atoms with Gasteiger partial charge < -0.3 is 9.88 Å². The maximum absolute atomic E-state index is 13.5. The average Bonchev–Trinajstić information content (AvgIpc) is 2.44. The smallest absolute Gasteiger partial charge is 0.263 e. The molecule has 0 aliphatic heterocycles. The highest BCUT2D eigenvalue weighted by atomic mass is 19.1. The Labute approximate surface area is 122 Å². The van der Waals surface area contributed by atoms with Crippen LogP contribution in [-0.4, -0.2) is 10.5 Å². The van der Waals surface area contributed by atoms with Crippen molar-refractivity contribution in [3.05, 3.63) is 68.9 Å². The lowest BCUT2D eigenvalue weighted by atomic mass is 10.1. The second-order valence-corrected chi connectivity index (χ2v) is 4.98. The monoisotopic (exact) mass is 288 g/mol. The lowest BCUT2D eigenvalue weighted by Crippen LogP contribution is -2.34. The van der Waals surface area contributed by atoms with Gasteiger partial charge in [-0.3, -0.25) is 9.59 Å². The molecule has 2 rings (SSSR count). The zero-order valence-corrected chi connectivity index (χ0v) is 12.2. The number of halogens is 1. The number of carbonyl (C=O) groups excluding carboxylic acids is 1. The van der Waals surface area contributed by atoms with E-state index < -0.39 is 5.91 Å². The van der Waals surface area contributed by atoms with Crippen LogP contribution < -0.4 is 10.9 Å². The van der Waals surface area contributed by atoms with E-state index in [0.29, 0.717) is 11.1 Å². The molecule has 1 heterocycles. The van der Waals surface area contributed by atoms with Crippen LogP contribution in [0.4, 0.5) is 4.39 Å². The average molecular weight is 288 g/mol. The zero-order chi connectivity index (χ0) is 15.6. The number of pyridine rings is 1. The Balaban J connectivity index is 2.24. The van der Waals surface area contributed by atoms with Crippen molar-refractivity contribution in [2.75, 3.05) is 0 Å². The van der Waals surface area contributed by atoms with Crippen LogP contribution in [0.1, 0.15) is 27.2 Å². The summed E-state index contributed by atoms with van der Waals surface area (Å²) in [5.41, 5.74) is 1.52. The summed E-state index contributed by atoms with van der Waals surface area (Å²) >= 11 is 0. The van der Waals surface area contributed by atoms with E-state index in [2.05, 4.69) is 5.32 Å². The van der Waals surface area contributed by atoms with Crippen molar-refractivity contribution in [2.45, 2.75) is 20.4 Å². The van der Waals surface area contributed by atoms with E-state index >= 15 is 0 Å². The zero-order valence-electron chi connectivity index (χ0n) is 12.2. The van der Waals surface area contributed by atoms with Gasteiger partial charge in [0.2, 0.25) is 0 Å². The minimum absolute atomic E-state index is 0.0436. The molecule has 2 aromatic rings. The maximum Gasteiger partial charge on any atom is 0.263 e. The van der Waals surface area contributed by atoms with Crippen LogP contribution in [0.2, 0.25) is 0 Å². The van der Waals surface area contributed by atoms with Gasteiger partial charge in [0.05, 0.1) is 0 Å². The SMILES string of the molecule is Cc1cc(C)n(C)c(=O)c1C(=O)NCc1ccccc1F. The van der Waals surface area contributed by atoms with Gasteiger partial charge in [0, 0.05) is 24.8 Å². The van der Waals surface area contributed by atoms with E-state index in [4.69, 9.17) is 0 Å². The summed E-state index contributed by atoms with van der Waals surface area (Å²) in [5.74, 6) is -0.873. The molecule has 0 aliphatic rings. The molecule has 4 nitrogen and oxygen atoms in total. The number of amides is 1. The molecule has 1 aromatic carbocycles. The molecule has 1 amide bonds. The maximum atomic E-state index is 13.5. The second kappa shape index (κ2) is 5.91. The van der Waals surface area contributed by atoms with E-state index in [1.165, 1.54) is 10.6 Å². The summed E-state index contributed by atoms with van der Waals surface area (Å²) in [7, 11) is 1.62. The first-order valence-electron chi connectivity index (χ1n) is 6.60. The molecule has 0 bridgehead atoms. The molecule has 0 aliphatic carbocycles. The molecule has 1 aromatic heterocycles. The van der Waals surface area contributed by atoms with E-state index in [9.17, 15) is 14.0 Å². The number of nitrogens with one attached hydrogen (secondary N) is 1. The molecule has 0 atom stereocenters. The molecule has 5 heteroatoms. The number of hydrogen-bond acceptors (Lipinski definition) is 2. The first-order valence-corrected chi connectivity index (χ1v) is 6.60. The van der Waals surface area contributed by atoms with Crippen molar-refractivity contribution in [3.63, 3.8) is 0 Å². The summed E-state index contributed by atoms with van der Waals surface area (Å²) in [6, 6.07) is 7.98. The first-order chi connectivity index (χ1) is 9.91. The van der Waals surface area contributed by atoms with Gasteiger partial charge in [0.15, 0.2) is 0 Å². The van der Waals surface area contributed by atoms with Crippen LogP contribution in [0.5, 0.6) is 0 Å². The molecular formula is C16H17FN2O2. The van der Waals surface area contributed by atoms with Crippen molar-refractivity contribution in [1.82, 2.24) is 9.88 Å². The van der Waals surface area contributed by atoms with Gasteiger partial charge in [0.25, 0.3) is 11.5 Å².